The molecule has 2 amide bonds. The lowest BCUT2D eigenvalue weighted by Gasteiger charge is -2.15. The smallest absolute Gasteiger partial charge is 0.326 e. The van der Waals surface area contributed by atoms with Crippen LogP contribution in [0.3, 0.4) is 0 Å². The van der Waals surface area contributed by atoms with Crippen molar-refractivity contribution in [2.24, 2.45) is 0 Å². The number of ether oxygens (including phenoxy) is 2. The monoisotopic (exact) mass is 377 g/mol. The van der Waals surface area contributed by atoms with E-state index in [-0.39, 0.29) is 19.1 Å². The molecule has 0 aliphatic carbocycles. The van der Waals surface area contributed by atoms with Crippen molar-refractivity contribution >= 4 is 35.0 Å². The summed E-state index contributed by atoms with van der Waals surface area (Å²) in [5, 5.41) is -0.468. The highest BCUT2D eigenvalue weighted by atomic mass is 32.2. The standard InChI is InChI=1S/C19H23NO5S/c1-6-25-17(21)10-20-18(22)16(26-19(20)23)9-13-8-14(11(2)3)15(24-5)7-12(13)4/h7-9,11H,6,10H2,1-5H3/b16-9+. The summed E-state index contributed by atoms with van der Waals surface area (Å²) in [6.07, 6.45) is 1.69. The molecule has 1 saturated heterocycles. The first-order valence-corrected chi connectivity index (χ1v) is 9.19. The molecule has 140 valence electrons. The van der Waals surface area contributed by atoms with E-state index in [1.165, 1.54) is 0 Å². The number of hydrogen-bond acceptors (Lipinski definition) is 6. The molecule has 1 aliphatic rings. The molecule has 1 aromatic rings. The van der Waals surface area contributed by atoms with Gasteiger partial charge in [0, 0.05) is 0 Å². The molecular weight excluding hydrogens is 354 g/mol. The highest BCUT2D eigenvalue weighted by Gasteiger charge is 2.36. The highest BCUT2D eigenvalue weighted by Crippen LogP contribution is 2.35. The predicted molar refractivity (Wildman–Crippen MR) is 101 cm³/mol. The van der Waals surface area contributed by atoms with Crippen LogP contribution in [0.2, 0.25) is 0 Å². The van der Waals surface area contributed by atoms with Crippen molar-refractivity contribution in [1.29, 1.82) is 0 Å². The van der Waals surface area contributed by atoms with Gasteiger partial charge < -0.3 is 9.47 Å². The molecule has 0 aromatic heterocycles. The molecule has 0 spiro atoms. The van der Waals surface area contributed by atoms with E-state index in [1.54, 1.807) is 20.1 Å². The maximum Gasteiger partial charge on any atom is 0.326 e. The van der Waals surface area contributed by atoms with Crippen LogP contribution < -0.4 is 4.74 Å². The number of rotatable bonds is 6. The summed E-state index contributed by atoms with van der Waals surface area (Å²) < 4.78 is 10.2. The van der Waals surface area contributed by atoms with Gasteiger partial charge in [0.25, 0.3) is 11.1 Å². The number of hydrogen-bond donors (Lipinski definition) is 0. The van der Waals surface area contributed by atoms with Crippen molar-refractivity contribution < 1.29 is 23.9 Å². The summed E-state index contributed by atoms with van der Waals surface area (Å²) in [5.41, 5.74) is 2.80. The van der Waals surface area contributed by atoms with E-state index in [0.29, 0.717) is 4.91 Å². The van der Waals surface area contributed by atoms with Crippen molar-refractivity contribution in [1.82, 2.24) is 4.90 Å². The van der Waals surface area contributed by atoms with Gasteiger partial charge >= 0.3 is 5.97 Å². The number of amides is 2. The van der Waals surface area contributed by atoms with E-state index >= 15 is 0 Å². The third-order valence-corrected chi connectivity index (χ3v) is 4.90. The molecule has 1 aromatic carbocycles. The molecule has 0 atom stereocenters. The molecule has 0 unspecified atom stereocenters. The number of carbonyl (C=O) groups is 3. The molecule has 0 bridgehead atoms. The topological polar surface area (TPSA) is 72.9 Å². The summed E-state index contributed by atoms with van der Waals surface area (Å²) in [4.78, 5) is 37.4. The number of benzene rings is 1. The maximum atomic E-state index is 12.5. The minimum Gasteiger partial charge on any atom is -0.496 e. The molecule has 1 heterocycles. The van der Waals surface area contributed by atoms with Crippen molar-refractivity contribution in [2.75, 3.05) is 20.3 Å². The van der Waals surface area contributed by atoms with E-state index in [2.05, 4.69) is 13.8 Å². The first kappa shape index (κ1) is 20.0. The van der Waals surface area contributed by atoms with E-state index < -0.39 is 17.1 Å². The van der Waals surface area contributed by atoms with E-state index in [9.17, 15) is 14.4 Å². The Morgan fingerprint density at radius 2 is 2.00 bits per heavy atom. The fourth-order valence-corrected chi connectivity index (χ4v) is 3.44. The van der Waals surface area contributed by atoms with Gasteiger partial charge in [0.2, 0.25) is 0 Å². The Hall–Kier alpha value is -2.28. The summed E-state index contributed by atoms with van der Waals surface area (Å²) in [7, 11) is 1.63. The van der Waals surface area contributed by atoms with Crippen LogP contribution in [-0.4, -0.2) is 42.3 Å². The fourth-order valence-electron chi connectivity index (χ4n) is 2.61. The largest absolute Gasteiger partial charge is 0.496 e. The SMILES string of the molecule is CCOC(=O)CN1C(=O)S/C(=C/c2cc(C(C)C)c(OC)cc2C)C1=O. The molecule has 7 heteroatoms. The molecule has 0 N–H and O–H groups in total. The van der Waals surface area contributed by atoms with Crippen molar-refractivity contribution in [3.8, 4) is 5.75 Å². The Kier molecular flexibility index (Phi) is 6.47. The normalized spacial score (nSPS) is 15.9. The lowest BCUT2D eigenvalue weighted by atomic mass is 9.96. The Morgan fingerprint density at radius 1 is 1.31 bits per heavy atom. The number of methoxy groups -OCH3 is 1. The van der Waals surface area contributed by atoms with Crippen LogP contribution in [0.1, 0.15) is 43.4 Å². The van der Waals surface area contributed by atoms with Crippen molar-refractivity contribution in [3.05, 3.63) is 33.7 Å². The van der Waals surface area contributed by atoms with Crippen LogP contribution in [0, 0.1) is 6.92 Å². The first-order chi connectivity index (χ1) is 12.3. The second-order valence-corrected chi connectivity index (χ2v) is 7.17. The summed E-state index contributed by atoms with van der Waals surface area (Å²) in [5.74, 6) is -0.0326. The third kappa shape index (κ3) is 4.27. The quantitative estimate of drug-likeness (QED) is 0.556. The second-order valence-electron chi connectivity index (χ2n) is 6.18. The zero-order valence-electron chi connectivity index (χ0n) is 15.6. The number of carbonyl (C=O) groups excluding carboxylic acids is 3. The van der Waals surface area contributed by atoms with Crippen LogP contribution in [0.15, 0.2) is 17.0 Å². The second kappa shape index (κ2) is 8.40. The van der Waals surface area contributed by atoms with Gasteiger partial charge in [0.15, 0.2) is 0 Å². The van der Waals surface area contributed by atoms with Gasteiger partial charge in [-0.3, -0.25) is 19.3 Å². The number of thioether (sulfide) groups is 1. The molecule has 26 heavy (non-hydrogen) atoms. The van der Waals surface area contributed by atoms with Gasteiger partial charge in [-0.2, -0.15) is 0 Å². The Bertz CT molecular complexity index is 769. The Labute approximate surface area is 157 Å². The van der Waals surface area contributed by atoms with Gasteiger partial charge in [-0.1, -0.05) is 13.8 Å². The lowest BCUT2D eigenvalue weighted by Crippen LogP contribution is -2.34. The fraction of sp³-hybridized carbons (Fsp3) is 0.421. The molecule has 0 radical (unpaired) electrons. The van der Waals surface area contributed by atoms with Gasteiger partial charge in [-0.05, 0) is 66.4 Å². The average molecular weight is 377 g/mol. The van der Waals surface area contributed by atoms with E-state index in [0.717, 1.165) is 39.1 Å². The molecular formula is C19H23NO5S. The zero-order chi connectivity index (χ0) is 19.4. The van der Waals surface area contributed by atoms with Crippen LogP contribution in [0.4, 0.5) is 4.79 Å². The van der Waals surface area contributed by atoms with Crippen molar-refractivity contribution in [3.63, 3.8) is 0 Å². The van der Waals surface area contributed by atoms with Gasteiger partial charge in [0.1, 0.15) is 12.3 Å². The van der Waals surface area contributed by atoms with Gasteiger partial charge in [0.05, 0.1) is 18.6 Å². The zero-order valence-corrected chi connectivity index (χ0v) is 16.4. The molecule has 1 fully saturated rings. The molecule has 2 rings (SSSR count). The molecule has 1 aliphatic heterocycles. The minimum atomic E-state index is -0.598. The third-order valence-electron chi connectivity index (χ3n) is 3.99. The number of nitrogens with zero attached hydrogens (tertiary/aromatic N) is 1. The van der Waals surface area contributed by atoms with Crippen LogP contribution in [-0.2, 0) is 14.3 Å². The van der Waals surface area contributed by atoms with Gasteiger partial charge in [-0.15, -0.1) is 0 Å². The van der Waals surface area contributed by atoms with Crippen molar-refractivity contribution in [2.45, 2.75) is 33.6 Å². The summed E-state index contributed by atoms with van der Waals surface area (Å²) >= 11 is 0.829. The predicted octanol–water partition coefficient (Wildman–Crippen LogP) is 3.73. The summed E-state index contributed by atoms with van der Waals surface area (Å²) in [6.45, 7) is 7.54. The van der Waals surface area contributed by atoms with E-state index in [4.69, 9.17) is 9.47 Å². The minimum absolute atomic E-state index is 0.202. The first-order valence-electron chi connectivity index (χ1n) is 8.38. The molecule has 0 saturated carbocycles. The molecule has 6 nitrogen and oxygen atoms in total. The number of esters is 1. The average Bonchev–Trinajstić information content (AvgIpc) is 2.83. The Morgan fingerprint density at radius 3 is 2.58 bits per heavy atom. The number of aryl methyl sites for hydroxylation is 1. The van der Waals surface area contributed by atoms with Crippen LogP contribution >= 0.6 is 11.8 Å². The van der Waals surface area contributed by atoms with Crippen LogP contribution in [0.5, 0.6) is 5.75 Å². The maximum absolute atomic E-state index is 12.5. The lowest BCUT2D eigenvalue weighted by molar-refractivity contribution is -0.145. The highest BCUT2D eigenvalue weighted by molar-refractivity contribution is 8.18. The van der Waals surface area contributed by atoms with Gasteiger partial charge in [-0.25, -0.2) is 0 Å². The van der Waals surface area contributed by atoms with Crippen LogP contribution in [0.25, 0.3) is 6.08 Å². The Balaban J connectivity index is 2.33. The van der Waals surface area contributed by atoms with E-state index in [1.807, 2.05) is 19.1 Å². The number of imide groups is 1. The summed E-state index contributed by atoms with van der Waals surface area (Å²) in [6, 6.07) is 3.89.